The Hall–Kier alpha value is -2.43. The Bertz CT molecular complexity index is 1180. The first kappa shape index (κ1) is 26.2. The highest BCUT2D eigenvalue weighted by molar-refractivity contribution is 8.00. The van der Waals surface area contributed by atoms with Gasteiger partial charge in [-0.3, -0.25) is 9.52 Å². The topological polar surface area (TPSA) is 78.5 Å². The summed E-state index contributed by atoms with van der Waals surface area (Å²) in [6.45, 7) is 9.20. The third kappa shape index (κ3) is 6.80. The summed E-state index contributed by atoms with van der Waals surface area (Å²) in [5.74, 6) is -2.44. The van der Waals surface area contributed by atoms with Crippen molar-refractivity contribution in [3.05, 3.63) is 75.7 Å². The monoisotopic (exact) mass is 509 g/mol. The van der Waals surface area contributed by atoms with E-state index in [0.717, 1.165) is 24.0 Å². The fourth-order valence-corrected chi connectivity index (χ4v) is 4.89. The van der Waals surface area contributed by atoms with E-state index in [9.17, 15) is 22.0 Å². The molecule has 0 bridgehead atoms. The Balaban J connectivity index is 1.59. The van der Waals surface area contributed by atoms with E-state index >= 15 is 0 Å². The Morgan fingerprint density at radius 1 is 1.15 bits per heavy atom. The predicted molar refractivity (Wildman–Crippen MR) is 133 cm³/mol. The number of nitrogens with zero attached hydrogens (tertiary/aromatic N) is 1. The number of carbonyl (C=O) groups is 1. The highest BCUT2D eigenvalue weighted by atomic mass is 32.2. The van der Waals surface area contributed by atoms with Gasteiger partial charge in [-0.25, -0.2) is 21.5 Å². The SMILES string of the molecule is C[C@@H](NC(=O)C1=CSN(Cc2ccc(C(C)(C)C)cc2)C1)c1cc(F)c(NS(C)(=O)=O)c(F)c1. The molecule has 2 N–H and O–H groups in total. The van der Waals surface area contributed by atoms with Gasteiger partial charge in [-0.2, -0.15) is 0 Å². The number of amides is 1. The van der Waals surface area contributed by atoms with Gasteiger partial charge in [0.15, 0.2) is 11.6 Å². The molecular weight excluding hydrogens is 480 g/mol. The minimum absolute atomic E-state index is 0.0841. The van der Waals surface area contributed by atoms with Crippen LogP contribution < -0.4 is 10.0 Å². The van der Waals surface area contributed by atoms with Crippen molar-refractivity contribution >= 4 is 33.6 Å². The maximum absolute atomic E-state index is 14.3. The Kier molecular flexibility index (Phi) is 7.74. The molecule has 1 atom stereocenters. The van der Waals surface area contributed by atoms with E-state index in [2.05, 4.69) is 54.7 Å². The number of rotatable bonds is 7. The van der Waals surface area contributed by atoms with E-state index in [1.54, 1.807) is 12.3 Å². The average molecular weight is 510 g/mol. The van der Waals surface area contributed by atoms with E-state index in [1.807, 2.05) is 4.72 Å². The van der Waals surface area contributed by atoms with Crippen LogP contribution in [0.1, 0.15) is 50.4 Å². The molecule has 0 unspecified atom stereocenters. The van der Waals surface area contributed by atoms with E-state index in [1.165, 1.54) is 17.5 Å². The molecule has 1 amide bonds. The molecule has 1 aliphatic rings. The van der Waals surface area contributed by atoms with Crippen LogP contribution in [0.4, 0.5) is 14.5 Å². The molecule has 10 heteroatoms. The summed E-state index contributed by atoms with van der Waals surface area (Å²) < 4.78 is 55.0. The maximum Gasteiger partial charge on any atom is 0.249 e. The third-order valence-corrected chi connectivity index (χ3v) is 6.88. The molecule has 0 spiro atoms. The van der Waals surface area contributed by atoms with E-state index < -0.39 is 33.4 Å². The van der Waals surface area contributed by atoms with E-state index in [-0.39, 0.29) is 16.9 Å². The molecule has 0 saturated heterocycles. The number of benzene rings is 2. The summed E-state index contributed by atoms with van der Waals surface area (Å²) in [5.41, 5.74) is 2.47. The molecule has 1 aliphatic heterocycles. The second-order valence-corrected chi connectivity index (χ2v) is 12.1. The number of carbonyl (C=O) groups excluding carboxylic acids is 1. The van der Waals surface area contributed by atoms with Gasteiger partial charge in [0.25, 0.3) is 0 Å². The van der Waals surface area contributed by atoms with Gasteiger partial charge in [0.1, 0.15) is 5.69 Å². The first-order valence-corrected chi connectivity index (χ1v) is 13.4. The smallest absolute Gasteiger partial charge is 0.249 e. The number of hydrogen-bond donors (Lipinski definition) is 2. The Labute approximate surface area is 204 Å². The van der Waals surface area contributed by atoms with Gasteiger partial charge in [0.05, 0.1) is 12.3 Å². The van der Waals surface area contributed by atoms with Gasteiger partial charge in [-0.1, -0.05) is 45.0 Å². The first-order chi connectivity index (χ1) is 15.7. The molecule has 0 fully saturated rings. The summed E-state index contributed by atoms with van der Waals surface area (Å²) in [6, 6.07) is 9.74. The summed E-state index contributed by atoms with van der Waals surface area (Å²) in [6.07, 6.45) is 0.806. The number of nitrogens with one attached hydrogen (secondary N) is 2. The summed E-state index contributed by atoms with van der Waals surface area (Å²) in [5, 5.41) is 4.52. The Morgan fingerprint density at radius 2 is 1.74 bits per heavy atom. The number of anilines is 1. The van der Waals surface area contributed by atoms with Gasteiger partial charge in [-0.15, -0.1) is 0 Å². The van der Waals surface area contributed by atoms with Crippen LogP contribution in [0, 0.1) is 11.6 Å². The quantitative estimate of drug-likeness (QED) is 0.522. The highest BCUT2D eigenvalue weighted by Gasteiger charge is 2.24. The highest BCUT2D eigenvalue weighted by Crippen LogP contribution is 2.29. The zero-order valence-electron chi connectivity index (χ0n) is 19.8. The zero-order valence-corrected chi connectivity index (χ0v) is 21.4. The zero-order chi connectivity index (χ0) is 25.3. The lowest BCUT2D eigenvalue weighted by Crippen LogP contribution is -2.30. The largest absolute Gasteiger partial charge is 0.346 e. The molecule has 0 aromatic heterocycles. The molecular formula is C24H29F2N3O3S2. The van der Waals surface area contributed by atoms with Gasteiger partial charge in [0.2, 0.25) is 15.9 Å². The van der Waals surface area contributed by atoms with Crippen LogP contribution in [-0.2, 0) is 26.8 Å². The summed E-state index contributed by atoms with van der Waals surface area (Å²) >= 11 is 1.44. The number of halogens is 2. The molecule has 3 rings (SSSR count). The van der Waals surface area contributed by atoms with E-state index in [4.69, 9.17) is 0 Å². The van der Waals surface area contributed by atoms with Crippen molar-refractivity contribution < 1.29 is 22.0 Å². The lowest BCUT2D eigenvalue weighted by molar-refractivity contribution is -0.118. The van der Waals surface area contributed by atoms with Gasteiger partial charge in [0, 0.05) is 18.7 Å². The van der Waals surface area contributed by atoms with E-state index in [0.29, 0.717) is 18.7 Å². The van der Waals surface area contributed by atoms with Crippen LogP contribution in [0.2, 0.25) is 0 Å². The van der Waals surface area contributed by atoms with Crippen molar-refractivity contribution in [3.8, 4) is 0 Å². The minimum Gasteiger partial charge on any atom is -0.346 e. The molecule has 6 nitrogen and oxygen atoms in total. The van der Waals surface area contributed by atoms with Crippen molar-refractivity contribution in [2.75, 3.05) is 17.5 Å². The second kappa shape index (κ2) is 10.1. The number of hydrogen-bond acceptors (Lipinski definition) is 5. The second-order valence-electron chi connectivity index (χ2n) is 9.42. The van der Waals surface area contributed by atoms with Crippen LogP contribution >= 0.6 is 11.9 Å². The standard InChI is InChI=1S/C24H29F2N3O3S2/c1-15(17-10-20(25)22(21(26)11-17)28-34(5,31)32)27-23(30)18-13-29(33-14-18)12-16-6-8-19(9-7-16)24(2,3)4/h6-11,14-15,28H,12-13H2,1-5H3,(H,27,30)/t15-/m1/s1. The molecule has 2 aromatic rings. The van der Waals surface area contributed by atoms with Crippen molar-refractivity contribution in [1.29, 1.82) is 0 Å². The molecule has 0 aliphatic carbocycles. The lowest BCUT2D eigenvalue weighted by atomic mass is 9.87. The fraction of sp³-hybridized carbons (Fsp3) is 0.375. The fourth-order valence-electron chi connectivity index (χ4n) is 3.43. The third-order valence-electron chi connectivity index (χ3n) is 5.36. The van der Waals surface area contributed by atoms with Crippen molar-refractivity contribution in [1.82, 2.24) is 9.62 Å². The molecule has 184 valence electrons. The maximum atomic E-state index is 14.3. The first-order valence-electron chi connectivity index (χ1n) is 10.7. The molecule has 0 radical (unpaired) electrons. The normalized spacial score (nSPS) is 15.7. The van der Waals surface area contributed by atoms with Crippen LogP contribution in [0.15, 0.2) is 47.4 Å². The van der Waals surface area contributed by atoms with Crippen molar-refractivity contribution in [2.24, 2.45) is 0 Å². The van der Waals surface area contributed by atoms with Gasteiger partial charge < -0.3 is 5.32 Å². The predicted octanol–water partition coefficient (Wildman–Crippen LogP) is 4.86. The van der Waals surface area contributed by atoms with Crippen LogP contribution in [0.5, 0.6) is 0 Å². The number of sulfonamides is 1. The minimum atomic E-state index is -3.84. The average Bonchev–Trinajstić information content (AvgIpc) is 3.18. The van der Waals surface area contributed by atoms with Gasteiger partial charge in [-0.05, 0) is 58.5 Å². The molecule has 1 heterocycles. The Morgan fingerprint density at radius 3 is 2.26 bits per heavy atom. The molecule has 2 aromatic carbocycles. The van der Waals surface area contributed by atoms with Crippen LogP contribution in [0.3, 0.4) is 0 Å². The van der Waals surface area contributed by atoms with Crippen molar-refractivity contribution in [3.63, 3.8) is 0 Å². The summed E-state index contributed by atoms with van der Waals surface area (Å²) in [4.78, 5) is 12.7. The molecule has 34 heavy (non-hydrogen) atoms. The van der Waals surface area contributed by atoms with Crippen molar-refractivity contribution in [2.45, 2.75) is 45.7 Å². The van der Waals surface area contributed by atoms with Gasteiger partial charge >= 0.3 is 0 Å². The van der Waals surface area contributed by atoms with Crippen LogP contribution in [0.25, 0.3) is 0 Å². The van der Waals surface area contributed by atoms with Crippen LogP contribution in [-0.4, -0.2) is 31.4 Å². The summed E-state index contributed by atoms with van der Waals surface area (Å²) in [7, 11) is -3.84. The molecule has 0 saturated carbocycles. The lowest BCUT2D eigenvalue weighted by Gasteiger charge is -2.20.